The predicted octanol–water partition coefficient (Wildman–Crippen LogP) is 4.88. The third-order valence-corrected chi connectivity index (χ3v) is 6.07. The fourth-order valence-corrected chi connectivity index (χ4v) is 4.30. The van der Waals surface area contributed by atoms with E-state index in [1.807, 2.05) is 56.3 Å². The van der Waals surface area contributed by atoms with Gasteiger partial charge < -0.3 is 10.0 Å². The molecular formula is C27H24N2O5. The fraction of sp³-hybridized carbons (Fsp3) is 0.185. The second kappa shape index (κ2) is 9.31. The Labute approximate surface area is 197 Å². The molecule has 0 bridgehead atoms. The van der Waals surface area contributed by atoms with Crippen LogP contribution in [0.5, 0.6) is 0 Å². The SMILES string of the molecule is Cc1ccc(C)c(/C(O)=C2\C(=O)C(=O)N(CCc3ccccc3)C2c2cccc([N+](=O)[O-])c2)c1. The minimum Gasteiger partial charge on any atom is -0.507 e. The summed E-state index contributed by atoms with van der Waals surface area (Å²) in [5, 5.41) is 22.7. The highest BCUT2D eigenvalue weighted by Gasteiger charge is 2.46. The van der Waals surface area contributed by atoms with Gasteiger partial charge in [0.05, 0.1) is 16.5 Å². The van der Waals surface area contributed by atoms with Crippen LogP contribution in [0.1, 0.15) is 33.9 Å². The number of carbonyl (C=O) groups excluding carboxylic acids is 2. The van der Waals surface area contributed by atoms with E-state index in [0.717, 1.165) is 16.7 Å². The molecule has 1 aliphatic rings. The van der Waals surface area contributed by atoms with Crippen molar-refractivity contribution in [2.24, 2.45) is 0 Å². The number of nitro benzene ring substituents is 1. The molecule has 1 N–H and O–H groups in total. The zero-order chi connectivity index (χ0) is 24.4. The lowest BCUT2D eigenvalue weighted by molar-refractivity contribution is -0.384. The molecule has 1 aliphatic heterocycles. The van der Waals surface area contributed by atoms with Crippen LogP contribution in [0.3, 0.4) is 0 Å². The topological polar surface area (TPSA) is 101 Å². The molecule has 1 fully saturated rings. The number of aryl methyl sites for hydroxylation is 2. The smallest absolute Gasteiger partial charge is 0.295 e. The first kappa shape index (κ1) is 22.9. The first-order valence-electron chi connectivity index (χ1n) is 10.9. The Morgan fingerprint density at radius 1 is 1.00 bits per heavy atom. The van der Waals surface area contributed by atoms with Gasteiger partial charge in [-0.15, -0.1) is 0 Å². The van der Waals surface area contributed by atoms with Crippen molar-refractivity contribution in [3.8, 4) is 0 Å². The molecule has 0 aliphatic carbocycles. The summed E-state index contributed by atoms with van der Waals surface area (Å²) in [5.41, 5.74) is 3.25. The van der Waals surface area contributed by atoms with Gasteiger partial charge in [0.1, 0.15) is 5.76 Å². The molecule has 34 heavy (non-hydrogen) atoms. The van der Waals surface area contributed by atoms with Crippen molar-refractivity contribution in [1.29, 1.82) is 0 Å². The van der Waals surface area contributed by atoms with Gasteiger partial charge in [-0.1, -0.05) is 60.2 Å². The quantitative estimate of drug-likeness (QED) is 0.187. The average Bonchev–Trinajstić information content (AvgIpc) is 3.09. The number of amides is 1. The summed E-state index contributed by atoms with van der Waals surface area (Å²) in [4.78, 5) is 38.6. The molecule has 7 nitrogen and oxygen atoms in total. The maximum absolute atomic E-state index is 13.2. The molecular weight excluding hydrogens is 432 g/mol. The summed E-state index contributed by atoms with van der Waals surface area (Å²) in [7, 11) is 0. The van der Waals surface area contributed by atoms with Gasteiger partial charge in [0.25, 0.3) is 17.4 Å². The largest absolute Gasteiger partial charge is 0.507 e. The van der Waals surface area contributed by atoms with Crippen molar-refractivity contribution in [3.05, 3.63) is 116 Å². The number of likely N-dealkylation sites (tertiary alicyclic amines) is 1. The first-order valence-corrected chi connectivity index (χ1v) is 10.9. The van der Waals surface area contributed by atoms with E-state index in [4.69, 9.17) is 0 Å². The Hall–Kier alpha value is -4.26. The lowest BCUT2D eigenvalue weighted by Gasteiger charge is -2.25. The van der Waals surface area contributed by atoms with E-state index >= 15 is 0 Å². The molecule has 7 heteroatoms. The van der Waals surface area contributed by atoms with Gasteiger partial charge in [-0.25, -0.2) is 0 Å². The Kier molecular flexibility index (Phi) is 6.27. The Bertz CT molecular complexity index is 1310. The monoisotopic (exact) mass is 456 g/mol. The first-order chi connectivity index (χ1) is 16.3. The van der Waals surface area contributed by atoms with Crippen molar-refractivity contribution in [2.75, 3.05) is 6.54 Å². The number of carbonyl (C=O) groups is 2. The van der Waals surface area contributed by atoms with Crippen LogP contribution in [-0.4, -0.2) is 33.2 Å². The fourth-order valence-electron chi connectivity index (χ4n) is 4.30. The van der Waals surface area contributed by atoms with Crippen molar-refractivity contribution >= 4 is 23.1 Å². The Morgan fingerprint density at radius 2 is 1.74 bits per heavy atom. The molecule has 0 aromatic heterocycles. The third-order valence-electron chi connectivity index (χ3n) is 6.07. The number of rotatable bonds is 6. The number of non-ortho nitro benzene ring substituents is 1. The molecule has 0 spiro atoms. The van der Waals surface area contributed by atoms with E-state index in [1.54, 1.807) is 12.1 Å². The molecule has 1 amide bonds. The molecule has 3 aromatic rings. The zero-order valence-electron chi connectivity index (χ0n) is 18.9. The number of aliphatic hydroxyl groups is 1. The molecule has 1 heterocycles. The maximum atomic E-state index is 13.2. The highest BCUT2D eigenvalue weighted by Crippen LogP contribution is 2.40. The average molecular weight is 456 g/mol. The van der Waals surface area contributed by atoms with Crippen LogP contribution >= 0.6 is 0 Å². The van der Waals surface area contributed by atoms with E-state index in [-0.39, 0.29) is 23.6 Å². The Morgan fingerprint density at radius 3 is 2.44 bits per heavy atom. The van der Waals surface area contributed by atoms with Crippen LogP contribution in [0, 0.1) is 24.0 Å². The van der Waals surface area contributed by atoms with Gasteiger partial charge in [0.15, 0.2) is 0 Å². The standard InChI is InChI=1S/C27H24N2O5/c1-17-11-12-18(2)22(15-17)25(30)23-24(20-9-6-10-21(16-20)29(33)34)28(27(32)26(23)31)14-13-19-7-4-3-5-8-19/h3-12,15-16,24,30H,13-14H2,1-2H3/b25-23+. The van der Waals surface area contributed by atoms with Crippen molar-refractivity contribution in [2.45, 2.75) is 26.3 Å². The summed E-state index contributed by atoms with van der Waals surface area (Å²) in [6.07, 6.45) is 0.489. The van der Waals surface area contributed by atoms with Crippen LogP contribution in [0.4, 0.5) is 5.69 Å². The number of nitro groups is 1. The van der Waals surface area contributed by atoms with E-state index in [0.29, 0.717) is 17.5 Å². The molecule has 1 atom stereocenters. The summed E-state index contributed by atoms with van der Waals surface area (Å²) in [6.45, 7) is 3.89. The van der Waals surface area contributed by atoms with Crippen LogP contribution in [0.15, 0.2) is 78.4 Å². The molecule has 1 unspecified atom stereocenters. The third kappa shape index (κ3) is 4.32. The molecule has 0 radical (unpaired) electrons. The minimum atomic E-state index is -0.941. The van der Waals surface area contributed by atoms with Crippen molar-refractivity contribution in [1.82, 2.24) is 4.90 Å². The number of nitrogens with zero attached hydrogens (tertiary/aromatic N) is 2. The maximum Gasteiger partial charge on any atom is 0.295 e. The number of hydrogen-bond donors (Lipinski definition) is 1. The highest BCUT2D eigenvalue weighted by molar-refractivity contribution is 6.46. The van der Waals surface area contributed by atoms with E-state index < -0.39 is 22.7 Å². The molecule has 0 saturated carbocycles. The van der Waals surface area contributed by atoms with Gasteiger partial charge in [0.2, 0.25) is 0 Å². The number of Topliss-reactive ketones (excluding diaryl/α,β-unsaturated/α-hetero) is 1. The molecule has 4 rings (SSSR count). The lowest BCUT2D eigenvalue weighted by atomic mass is 9.93. The summed E-state index contributed by atoms with van der Waals surface area (Å²) < 4.78 is 0. The highest BCUT2D eigenvalue weighted by atomic mass is 16.6. The lowest BCUT2D eigenvalue weighted by Crippen LogP contribution is -2.31. The van der Waals surface area contributed by atoms with Crippen LogP contribution in [0.25, 0.3) is 5.76 Å². The van der Waals surface area contributed by atoms with E-state index in [9.17, 15) is 24.8 Å². The van der Waals surface area contributed by atoms with Gasteiger partial charge in [-0.2, -0.15) is 0 Å². The number of aliphatic hydroxyl groups excluding tert-OH is 1. The Balaban J connectivity index is 1.86. The van der Waals surface area contributed by atoms with Gasteiger partial charge >= 0.3 is 0 Å². The number of hydrogen-bond acceptors (Lipinski definition) is 5. The molecule has 3 aromatic carbocycles. The van der Waals surface area contributed by atoms with Crippen molar-refractivity contribution in [3.63, 3.8) is 0 Å². The number of ketones is 1. The number of benzene rings is 3. The van der Waals surface area contributed by atoms with Crippen LogP contribution in [0.2, 0.25) is 0 Å². The van der Waals surface area contributed by atoms with Gasteiger partial charge in [-0.3, -0.25) is 19.7 Å². The van der Waals surface area contributed by atoms with Crippen LogP contribution in [-0.2, 0) is 16.0 Å². The van der Waals surface area contributed by atoms with Crippen LogP contribution < -0.4 is 0 Å². The normalized spacial score (nSPS) is 17.2. The predicted molar refractivity (Wildman–Crippen MR) is 128 cm³/mol. The van der Waals surface area contributed by atoms with Crippen molar-refractivity contribution < 1.29 is 19.6 Å². The second-order valence-electron chi connectivity index (χ2n) is 8.40. The summed E-state index contributed by atoms with van der Waals surface area (Å²) in [6, 6.07) is 19.9. The molecule has 1 saturated heterocycles. The van der Waals surface area contributed by atoms with Gasteiger partial charge in [-0.05, 0) is 43.0 Å². The zero-order valence-corrected chi connectivity index (χ0v) is 18.9. The minimum absolute atomic E-state index is 0.0627. The van der Waals surface area contributed by atoms with Gasteiger partial charge in [0, 0.05) is 24.2 Å². The second-order valence-corrected chi connectivity index (χ2v) is 8.40. The van der Waals surface area contributed by atoms with E-state index in [1.165, 1.54) is 23.1 Å². The summed E-state index contributed by atoms with van der Waals surface area (Å²) in [5.74, 6) is -1.82. The molecule has 172 valence electrons. The summed E-state index contributed by atoms with van der Waals surface area (Å²) >= 11 is 0. The van der Waals surface area contributed by atoms with E-state index in [2.05, 4.69) is 0 Å².